The maximum atomic E-state index is 10.3. The topological polar surface area (TPSA) is 132 Å². The van der Waals surface area contributed by atoms with Gasteiger partial charge in [0.15, 0.2) is 0 Å². The first-order valence-electron chi connectivity index (χ1n) is 5.85. The zero-order valence-electron chi connectivity index (χ0n) is 9.97. The number of carboxylic acid groups (broad SMARTS) is 1. The van der Waals surface area contributed by atoms with Crippen molar-refractivity contribution in [3.8, 4) is 0 Å². The fourth-order valence-electron chi connectivity index (χ4n) is 2.03. The summed E-state index contributed by atoms with van der Waals surface area (Å²) in [6.45, 7) is -0.152. The minimum atomic E-state index is -1.17. The second-order valence-electron chi connectivity index (χ2n) is 4.32. The van der Waals surface area contributed by atoms with Crippen LogP contribution in [0.1, 0.15) is 6.42 Å². The van der Waals surface area contributed by atoms with E-state index in [9.17, 15) is 15.0 Å². The molecule has 1 saturated heterocycles. The number of rotatable bonds is 4. The standard InChI is InChI=1S/C10H16N2O6S/c13-3-4-7(14)8(15)6-9(18-4)19-5(12-6)1-2-11-10(16)17/h4,6-9,11,13-15H,1-3H2,(H,16,17)/t4-,6-,7-,8-,9-/m1/s1. The van der Waals surface area contributed by atoms with Crippen LogP contribution in [0, 0.1) is 0 Å². The molecule has 9 heteroatoms. The SMILES string of the molecule is O=C(O)NCCC1=N[C@@H]2[C@@H](O)[C@H](O)[C@@H](CO)O[C@@H]2S1. The normalized spacial score (nSPS) is 37.6. The van der Waals surface area contributed by atoms with Gasteiger partial charge < -0.3 is 30.5 Å². The van der Waals surface area contributed by atoms with E-state index in [0.717, 1.165) is 0 Å². The van der Waals surface area contributed by atoms with E-state index in [1.807, 2.05) is 0 Å². The van der Waals surface area contributed by atoms with Gasteiger partial charge in [0.05, 0.1) is 11.7 Å². The summed E-state index contributed by atoms with van der Waals surface area (Å²) in [5.41, 5.74) is -0.449. The molecule has 2 aliphatic rings. The number of aliphatic imine (C=N–C) groups is 1. The van der Waals surface area contributed by atoms with E-state index in [1.165, 1.54) is 11.8 Å². The lowest BCUT2D eigenvalue weighted by molar-refractivity contribution is -0.164. The van der Waals surface area contributed by atoms with E-state index in [4.69, 9.17) is 14.9 Å². The number of aliphatic hydroxyl groups excluding tert-OH is 3. The summed E-state index contributed by atoms with van der Waals surface area (Å²) in [6.07, 6.45) is -3.79. The van der Waals surface area contributed by atoms with Gasteiger partial charge in [0.25, 0.3) is 0 Å². The van der Waals surface area contributed by atoms with Crippen molar-refractivity contribution in [2.75, 3.05) is 13.2 Å². The first-order chi connectivity index (χ1) is 9.02. The molecule has 0 aromatic heterocycles. The van der Waals surface area contributed by atoms with Crippen LogP contribution in [0.2, 0.25) is 0 Å². The average Bonchev–Trinajstić information content (AvgIpc) is 2.76. The molecule has 1 amide bonds. The van der Waals surface area contributed by atoms with Crippen molar-refractivity contribution in [2.24, 2.45) is 4.99 Å². The van der Waals surface area contributed by atoms with Crippen LogP contribution in [0.3, 0.4) is 0 Å². The number of aliphatic hydroxyl groups is 3. The molecular weight excluding hydrogens is 276 g/mol. The molecule has 2 rings (SSSR count). The molecule has 19 heavy (non-hydrogen) atoms. The summed E-state index contributed by atoms with van der Waals surface area (Å²) in [5.74, 6) is 0. The van der Waals surface area contributed by atoms with Crippen LogP contribution in [0.15, 0.2) is 4.99 Å². The second-order valence-corrected chi connectivity index (χ2v) is 5.49. The fraction of sp³-hybridized carbons (Fsp3) is 0.800. The summed E-state index contributed by atoms with van der Waals surface area (Å²) >= 11 is 1.28. The predicted molar refractivity (Wildman–Crippen MR) is 67.2 cm³/mol. The molecule has 2 aliphatic heterocycles. The van der Waals surface area contributed by atoms with Crippen molar-refractivity contribution in [1.29, 1.82) is 0 Å². The number of ether oxygens (including phenoxy) is 1. The molecule has 5 N–H and O–H groups in total. The molecule has 108 valence electrons. The Morgan fingerprint density at radius 2 is 2.16 bits per heavy atom. The van der Waals surface area contributed by atoms with E-state index in [1.54, 1.807) is 0 Å². The van der Waals surface area contributed by atoms with Gasteiger partial charge in [-0.05, 0) is 0 Å². The highest BCUT2D eigenvalue weighted by Gasteiger charge is 2.47. The third kappa shape index (κ3) is 3.18. The number of hydrogen-bond acceptors (Lipinski definition) is 7. The van der Waals surface area contributed by atoms with Gasteiger partial charge in [-0.2, -0.15) is 0 Å². The largest absolute Gasteiger partial charge is 0.465 e. The van der Waals surface area contributed by atoms with Gasteiger partial charge in [0, 0.05) is 13.0 Å². The summed E-state index contributed by atoms with van der Waals surface area (Å²) in [4.78, 5) is 14.6. The Balaban J connectivity index is 1.93. The van der Waals surface area contributed by atoms with E-state index >= 15 is 0 Å². The maximum absolute atomic E-state index is 10.3. The van der Waals surface area contributed by atoms with Gasteiger partial charge >= 0.3 is 6.09 Å². The lowest BCUT2D eigenvalue weighted by Gasteiger charge is -2.37. The zero-order valence-corrected chi connectivity index (χ0v) is 10.8. The zero-order chi connectivity index (χ0) is 14.0. The number of fused-ring (bicyclic) bond motifs is 1. The number of hydrogen-bond donors (Lipinski definition) is 5. The molecule has 0 bridgehead atoms. The molecule has 5 atom stereocenters. The molecular formula is C10H16N2O6S. The van der Waals surface area contributed by atoms with Crippen molar-refractivity contribution >= 4 is 22.9 Å². The van der Waals surface area contributed by atoms with E-state index in [0.29, 0.717) is 11.5 Å². The molecule has 8 nitrogen and oxygen atoms in total. The van der Waals surface area contributed by atoms with Gasteiger partial charge in [-0.25, -0.2) is 4.79 Å². The minimum absolute atomic E-state index is 0.225. The molecule has 0 saturated carbocycles. The van der Waals surface area contributed by atoms with Gasteiger partial charge in [-0.15, -0.1) is 0 Å². The maximum Gasteiger partial charge on any atom is 0.404 e. The predicted octanol–water partition coefficient (Wildman–Crippen LogP) is -1.40. The van der Waals surface area contributed by atoms with Crippen LogP contribution in [0.25, 0.3) is 0 Å². The Kier molecular flexibility index (Phi) is 4.63. The lowest BCUT2D eigenvalue weighted by Crippen LogP contribution is -2.55. The molecule has 0 aromatic rings. The van der Waals surface area contributed by atoms with Crippen LogP contribution in [-0.2, 0) is 4.74 Å². The number of nitrogens with one attached hydrogen (secondary N) is 1. The molecule has 0 aliphatic carbocycles. The highest BCUT2D eigenvalue weighted by molar-refractivity contribution is 8.14. The van der Waals surface area contributed by atoms with Crippen LogP contribution in [0.5, 0.6) is 0 Å². The Morgan fingerprint density at radius 1 is 1.42 bits per heavy atom. The highest BCUT2D eigenvalue weighted by Crippen LogP contribution is 2.37. The highest BCUT2D eigenvalue weighted by atomic mass is 32.2. The van der Waals surface area contributed by atoms with Crippen LogP contribution < -0.4 is 5.32 Å². The summed E-state index contributed by atoms with van der Waals surface area (Å²) in [5, 5.41) is 40.0. The minimum Gasteiger partial charge on any atom is -0.465 e. The van der Waals surface area contributed by atoms with Crippen molar-refractivity contribution in [3.63, 3.8) is 0 Å². The first-order valence-corrected chi connectivity index (χ1v) is 6.73. The number of carbonyl (C=O) groups is 1. The Bertz CT molecular complexity index is 379. The summed E-state index contributed by atoms with van der Waals surface area (Å²) in [6, 6.07) is -0.581. The third-order valence-electron chi connectivity index (χ3n) is 3.01. The van der Waals surface area contributed by atoms with Crippen molar-refractivity contribution in [2.45, 2.75) is 36.2 Å². The summed E-state index contributed by atoms with van der Waals surface area (Å²) in [7, 11) is 0. The van der Waals surface area contributed by atoms with Crippen LogP contribution in [-0.4, -0.2) is 74.5 Å². The fourth-order valence-corrected chi connectivity index (χ4v) is 3.26. The Hall–Kier alpha value is -0.870. The molecule has 1 fully saturated rings. The Morgan fingerprint density at radius 3 is 2.79 bits per heavy atom. The quantitative estimate of drug-likeness (QED) is 0.430. The lowest BCUT2D eigenvalue weighted by atomic mass is 9.99. The first kappa shape index (κ1) is 14.5. The van der Waals surface area contributed by atoms with Crippen molar-refractivity contribution in [3.05, 3.63) is 0 Å². The van der Waals surface area contributed by atoms with E-state index < -0.39 is 35.9 Å². The number of thioether (sulfide) groups is 1. The molecule has 0 unspecified atom stereocenters. The summed E-state index contributed by atoms with van der Waals surface area (Å²) < 4.78 is 5.45. The third-order valence-corrected chi connectivity index (χ3v) is 4.21. The average molecular weight is 292 g/mol. The van der Waals surface area contributed by atoms with Crippen LogP contribution >= 0.6 is 11.8 Å². The molecule has 0 aromatic carbocycles. The van der Waals surface area contributed by atoms with Gasteiger partial charge in [-0.1, -0.05) is 11.8 Å². The van der Waals surface area contributed by atoms with Gasteiger partial charge in [0.2, 0.25) is 0 Å². The van der Waals surface area contributed by atoms with Gasteiger partial charge in [0.1, 0.15) is 29.8 Å². The molecule has 0 spiro atoms. The molecule has 0 radical (unpaired) electrons. The monoisotopic (exact) mass is 292 g/mol. The van der Waals surface area contributed by atoms with Crippen molar-refractivity contribution in [1.82, 2.24) is 5.32 Å². The number of nitrogens with zero attached hydrogens (tertiary/aromatic N) is 1. The van der Waals surface area contributed by atoms with E-state index in [-0.39, 0.29) is 13.2 Å². The van der Waals surface area contributed by atoms with Crippen molar-refractivity contribution < 1.29 is 30.0 Å². The smallest absolute Gasteiger partial charge is 0.404 e. The Labute approximate surface area is 113 Å². The van der Waals surface area contributed by atoms with Gasteiger partial charge in [-0.3, -0.25) is 4.99 Å². The van der Waals surface area contributed by atoms with E-state index in [2.05, 4.69) is 10.3 Å². The molecule has 2 heterocycles. The second kappa shape index (κ2) is 6.06. The number of amides is 1. The van der Waals surface area contributed by atoms with Crippen LogP contribution in [0.4, 0.5) is 4.79 Å².